The number of aryl methyl sites for hydroxylation is 1. The second kappa shape index (κ2) is 8.46. The monoisotopic (exact) mass is 421 g/mol. The smallest absolute Gasteiger partial charge is 0.272 e. The van der Waals surface area contributed by atoms with E-state index in [-0.39, 0.29) is 17.2 Å². The number of rotatable bonds is 6. The number of para-hydroxylation sites is 1. The van der Waals surface area contributed by atoms with Gasteiger partial charge in [0.25, 0.3) is 5.56 Å². The third-order valence-electron chi connectivity index (χ3n) is 3.90. The maximum absolute atomic E-state index is 12.8. The molecule has 0 aliphatic carbocycles. The largest absolute Gasteiger partial charge is 0.324 e. The molecule has 0 unspecified atom stereocenters. The van der Waals surface area contributed by atoms with E-state index in [0.717, 1.165) is 5.56 Å². The molecule has 27 heavy (non-hydrogen) atoms. The molecule has 2 heterocycles. The van der Waals surface area contributed by atoms with Crippen molar-refractivity contribution in [1.82, 2.24) is 9.55 Å². The average Bonchev–Trinajstić information content (AvgIpc) is 3.07. The summed E-state index contributed by atoms with van der Waals surface area (Å²) in [6.07, 6.45) is 0. The van der Waals surface area contributed by atoms with Crippen LogP contribution in [0.3, 0.4) is 0 Å². The van der Waals surface area contributed by atoms with Crippen molar-refractivity contribution in [2.45, 2.75) is 32.5 Å². The minimum atomic E-state index is -0.188. The third-order valence-corrected chi connectivity index (χ3v) is 6.08. The number of thiophene rings is 1. The number of anilines is 1. The second-order valence-corrected chi connectivity index (χ2v) is 8.87. The first-order valence-corrected chi connectivity index (χ1v) is 10.8. The predicted octanol–water partition coefficient (Wildman–Crippen LogP) is 4.81. The summed E-state index contributed by atoms with van der Waals surface area (Å²) >= 11 is 8.82. The number of nitrogens with zero attached hydrogens (tertiary/aromatic N) is 2. The predicted molar refractivity (Wildman–Crippen MR) is 114 cm³/mol. The standard InChI is InChI=1S/C19H20ClN3O2S2/c1-11(2)9-23-18(25)17-14(7-8-26-17)21-19(23)27-10-15(24)22-16-12(3)5-4-6-13(16)20/h4-8,11H,9-10H2,1-3H3,(H,22,24). The van der Waals surface area contributed by atoms with E-state index in [4.69, 9.17) is 11.6 Å². The highest BCUT2D eigenvalue weighted by Crippen LogP contribution is 2.26. The van der Waals surface area contributed by atoms with Crippen LogP contribution in [-0.2, 0) is 11.3 Å². The molecule has 3 rings (SSSR count). The Bertz CT molecular complexity index is 1020. The molecule has 1 aromatic carbocycles. The van der Waals surface area contributed by atoms with Gasteiger partial charge in [-0.2, -0.15) is 0 Å². The summed E-state index contributed by atoms with van der Waals surface area (Å²) in [5, 5.41) is 5.78. The van der Waals surface area contributed by atoms with Gasteiger partial charge in [0.2, 0.25) is 5.91 Å². The molecule has 0 aliphatic rings. The molecule has 0 atom stereocenters. The van der Waals surface area contributed by atoms with Gasteiger partial charge in [0.15, 0.2) is 5.16 Å². The molecule has 0 saturated carbocycles. The van der Waals surface area contributed by atoms with E-state index < -0.39 is 0 Å². The van der Waals surface area contributed by atoms with Crippen LogP contribution in [-0.4, -0.2) is 21.2 Å². The maximum atomic E-state index is 12.8. The normalized spacial score (nSPS) is 11.3. The van der Waals surface area contributed by atoms with E-state index in [1.54, 1.807) is 10.6 Å². The Labute approximate surface area is 170 Å². The van der Waals surface area contributed by atoms with Crippen molar-refractivity contribution in [2.24, 2.45) is 5.92 Å². The molecule has 0 saturated heterocycles. The van der Waals surface area contributed by atoms with Crippen molar-refractivity contribution in [1.29, 1.82) is 0 Å². The fourth-order valence-electron chi connectivity index (χ4n) is 2.66. The highest BCUT2D eigenvalue weighted by molar-refractivity contribution is 7.99. The first-order chi connectivity index (χ1) is 12.9. The average molecular weight is 422 g/mol. The fourth-order valence-corrected chi connectivity index (χ4v) is 4.51. The molecular formula is C19H20ClN3O2S2. The number of benzene rings is 1. The number of thioether (sulfide) groups is 1. The number of carbonyl (C=O) groups excluding carboxylic acids is 1. The van der Waals surface area contributed by atoms with Crippen LogP contribution in [0.25, 0.3) is 10.2 Å². The Kier molecular flexibility index (Phi) is 6.24. The van der Waals surface area contributed by atoms with Crippen LogP contribution in [0.15, 0.2) is 39.6 Å². The summed E-state index contributed by atoms with van der Waals surface area (Å²) in [5.74, 6) is 0.248. The number of hydrogen-bond donors (Lipinski definition) is 1. The van der Waals surface area contributed by atoms with E-state index in [1.807, 2.05) is 44.4 Å². The molecule has 0 radical (unpaired) electrons. The van der Waals surface area contributed by atoms with Crippen LogP contribution >= 0.6 is 34.7 Å². The highest BCUT2D eigenvalue weighted by Gasteiger charge is 2.16. The zero-order valence-corrected chi connectivity index (χ0v) is 17.7. The molecule has 142 valence electrons. The molecule has 0 bridgehead atoms. The number of carbonyl (C=O) groups is 1. The first-order valence-electron chi connectivity index (χ1n) is 8.52. The highest BCUT2D eigenvalue weighted by atomic mass is 35.5. The zero-order chi connectivity index (χ0) is 19.6. The summed E-state index contributed by atoms with van der Waals surface area (Å²) in [6.45, 7) is 6.55. The number of halogens is 1. The molecule has 1 N–H and O–H groups in total. The maximum Gasteiger partial charge on any atom is 0.272 e. The number of hydrogen-bond acceptors (Lipinski definition) is 5. The Morgan fingerprint density at radius 1 is 1.37 bits per heavy atom. The van der Waals surface area contributed by atoms with Gasteiger partial charge in [-0.3, -0.25) is 14.2 Å². The minimum absolute atomic E-state index is 0.0476. The third kappa shape index (κ3) is 4.54. The Hall–Kier alpha value is -1.83. The van der Waals surface area contributed by atoms with Crippen LogP contribution < -0.4 is 10.9 Å². The van der Waals surface area contributed by atoms with E-state index in [2.05, 4.69) is 10.3 Å². The quantitative estimate of drug-likeness (QED) is 0.458. The Morgan fingerprint density at radius 3 is 2.85 bits per heavy atom. The summed E-state index contributed by atoms with van der Waals surface area (Å²) < 4.78 is 2.32. The molecule has 3 aromatic rings. The van der Waals surface area contributed by atoms with Crippen molar-refractivity contribution in [3.8, 4) is 0 Å². The number of fused-ring (bicyclic) bond motifs is 1. The van der Waals surface area contributed by atoms with Gasteiger partial charge >= 0.3 is 0 Å². The topological polar surface area (TPSA) is 64.0 Å². The number of amides is 1. The van der Waals surface area contributed by atoms with E-state index >= 15 is 0 Å². The SMILES string of the molecule is Cc1cccc(Cl)c1NC(=O)CSc1nc2ccsc2c(=O)n1CC(C)C. The van der Waals surface area contributed by atoms with Crippen molar-refractivity contribution in [3.63, 3.8) is 0 Å². The van der Waals surface area contributed by atoms with Gasteiger partial charge in [-0.05, 0) is 35.9 Å². The lowest BCUT2D eigenvalue weighted by molar-refractivity contribution is -0.113. The zero-order valence-electron chi connectivity index (χ0n) is 15.3. The van der Waals surface area contributed by atoms with Gasteiger partial charge in [0.05, 0.1) is 22.0 Å². The summed E-state index contributed by atoms with van der Waals surface area (Å²) in [7, 11) is 0. The van der Waals surface area contributed by atoms with E-state index in [0.29, 0.717) is 38.5 Å². The van der Waals surface area contributed by atoms with Gasteiger partial charge < -0.3 is 5.32 Å². The molecule has 2 aromatic heterocycles. The van der Waals surface area contributed by atoms with E-state index in [1.165, 1.54) is 23.1 Å². The van der Waals surface area contributed by atoms with Crippen LogP contribution in [0.1, 0.15) is 19.4 Å². The second-order valence-electron chi connectivity index (χ2n) is 6.61. The minimum Gasteiger partial charge on any atom is -0.324 e. The van der Waals surface area contributed by atoms with Crippen LogP contribution in [0.5, 0.6) is 0 Å². The van der Waals surface area contributed by atoms with Crippen LogP contribution in [0.4, 0.5) is 5.69 Å². The lowest BCUT2D eigenvalue weighted by Gasteiger charge is -2.14. The Morgan fingerprint density at radius 2 is 2.15 bits per heavy atom. The molecule has 5 nitrogen and oxygen atoms in total. The molecule has 0 spiro atoms. The van der Waals surface area contributed by atoms with Gasteiger partial charge in [0.1, 0.15) is 4.70 Å². The molecular weight excluding hydrogens is 402 g/mol. The van der Waals surface area contributed by atoms with Crippen LogP contribution in [0, 0.1) is 12.8 Å². The van der Waals surface area contributed by atoms with Gasteiger partial charge in [-0.15, -0.1) is 11.3 Å². The van der Waals surface area contributed by atoms with Gasteiger partial charge in [-0.25, -0.2) is 4.98 Å². The molecule has 0 aliphatic heterocycles. The summed E-state index contributed by atoms with van der Waals surface area (Å²) in [4.78, 5) is 29.8. The van der Waals surface area contributed by atoms with Crippen molar-refractivity contribution < 1.29 is 4.79 Å². The summed E-state index contributed by atoms with van der Waals surface area (Å²) in [5.41, 5.74) is 2.14. The van der Waals surface area contributed by atoms with Crippen molar-refractivity contribution >= 4 is 56.5 Å². The first kappa shape index (κ1) is 19.9. The molecule has 8 heteroatoms. The molecule has 0 fully saturated rings. The Balaban J connectivity index is 1.81. The van der Waals surface area contributed by atoms with Crippen LogP contribution in [0.2, 0.25) is 5.02 Å². The van der Waals surface area contributed by atoms with Crippen molar-refractivity contribution in [2.75, 3.05) is 11.1 Å². The van der Waals surface area contributed by atoms with Gasteiger partial charge in [-0.1, -0.05) is 49.3 Å². The number of nitrogens with one attached hydrogen (secondary N) is 1. The van der Waals surface area contributed by atoms with E-state index in [9.17, 15) is 9.59 Å². The lowest BCUT2D eigenvalue weighted by atomic mass is 10.2. The van der Waals surface area contributed by atoms with Gasteiger partial charge in [0, 0.05) is 6.54 Å². The lowest BCUT2D eigenvalue weighted by Crippen LogP contribution is -2.25. The summed E-state index contributed by atoms with van der Waals surface area (Å²) in [6, 6.07) is 7.30. The number of aromatic nitrogens is 2. The van der Waals surface area contributed by atoms with Crippen molar-refractivity contribution in [3.05, 3.63) is 50.6 Å². The molecule has 1 amide bonds. The fraction of sp³-hybridized carbons (Fsp3) is 0.316.